The van der Waals surface area contributed by atoms with Crippen LogP contribution in [0.2, 0.25) is 10.0 Å². The summed E-state index contributed by atoms with van der Waals surface area (Å²) in [4.78, 5) is 23.9. The Balaban J connectivity index is 0.000000222. The molecule has 208 valence electrons. The lowest BCUT2D eigenvalue weighted by Gasteiger charge is -2.09. The minimum absolute atomic E-state index is 0.0128. The maximum absolute atomic E-state index is 12.1. The quantitative estimate of drug-likeness (QED) is 0.257. The van der Waals surface area contributed by atoms with Gasteiger partial charge in [-0.2, -0.15) is 0 Å². The average Bonchev–Trinajstić information content (AvgIpc) is 2.89. The van der Waals surface area contributed by atoms with E-state index in [0.29, 0.717) is 21.2 Å². The third kappa shape index (κ3) is 8.64. The lowest BCUT2D eigenvalue weighted by molar-refractivity contribution is 0.0972. The minimum atomic E-state index is -3.92. The highest BCUT2D eigenvalue weighted by atomic mass is 79.9. The molecule has 0 aliphatic heterocycles. The van der Waals surface area contributed by atoms with Crippen LogP contribution in [0.15, 0.2) is 111 Å². The van der Waals surface area contributed by atoms with Crippen molar-refractivity contribution in [3.63, 3.8) is 0 Å². The number of rotatable bonds is 6. The highest BCUT2D eigenvalue weighted by Crippen LogP contribution is 2.18. The summed E-state index contributed by atoms with van der Waals surface area (Å²) in [6.45, 7) is 1.73. The molecule has 4 aromatic rings. The summed E-state index contributed by atoms with van der Waals surface area (Å²) < 4.78 is 53.0. The van der Waals surface area contributed by atoms with Crippen LogP contribution < -0.4 is 9.44 Å². The first-order valence-electron chi connectivity index (χ1n) is 11.2. The molecule has 0 aliphatic carbocycles. The van der Waals surface area contributed by atoms with Gasteiger partial charge in [0.25, 0.3) is 31.9 Å². The van der Waals surface area contributed by atoms with Crippen LogP contribution in [0.3, 0.4) is 0 Å². The molecule has 2 amide bonds. The summed E-state index contributed by atoms with van der Waals surface area (Å²) in [7, 11) is -7.80. The second-order valence-corrected chi connectivity index (χ2v) is 13.3. The zero-order chi connectivity index (χ0) is 29.5. The van der Waals surface area contributed by atoms with Crippen LogP contribution in [-0.2, 0) is 20.0 Å². The SMILES string of the molecule is Cc1cc(Br)ccc1C(=O)NS(=O)(=O)c1ccc(Cl)cc1.O=C(NS(=O)(=O)c1ccc(Cl)cc1)c1ccccc1. The van der Waals surface area contributed by atoms with Crippen LogP contribution in [0, 0.1) is 6.92 Å². The molecule has 0 aromatic heterocycles. The fourth-order valence-corrected chi connectivity index (χ4v) is 5.84. The second-order valence-electron chi connectivity index (χ2n) is 8.10. The molecule has 0 unspecified atom stereocenters. The monoisotopic (exact) mass is 682 g/mol. The van der Waals surface area contributed by atoms with Crippen molar-refractivity contribution in [3.05, 3.63) is 128 Å². The number of carbonyl (C=O) groups is 2. The maximum Gasteiger partial charge on any atom is 0.265 e. The van der Waals surface area contributed by atoms with Gasteiger partial charge in [0.05, 0.1) is 9.79 Å². The molecule has 0 atom stereocenters. The van der Waals surface area contributed by atoms with E-state index in [-0.39, 0.29) is 15.4 Å². The fraction of sp³-hybridized carbons (Fsp3) is 0.0370. The number of halogens is 3. The van der Waals surface area contributed by atoms with E-state index in [2.05, 4.69) is 15.9 Å². The topological polar surface area (TPSA) is 126 Å². The molecule has 0 fully saturated rings. The van der Waals surface area contributed by atoms with Crippen molar-refractivity contribution in [1.82, 2.24) is 9.44 Å². The standard InChI is InChI=1S/C14H11BrClNO3S.C13H10ClNO3S/c1-9-8-10(15)2-7-13(9)14(18)17-21(19,20)12-5-3-11(16)4-6-12;14-11-6-8-12(9-7-11)19(17,18)15-13(16)10-4-2-1-3-5-10/h2-8H,1H3,(H,17,18);1-9H,(H,15,16). The first kappa shape index (κ1) is 31.3. The van der Waals surface area contributed by atoms with E-state index < -0.39 is 31.9 Å². The summed E-state index contributed by atoms with van der Waals surface area (Å²) in [6, 6.07) is 24.2. The number of aryl methyl sites for hydroxylation is 1. The summed E-state index contributed by atoms with van der Waals surface area (Å²) in [6.07, 6.45) is 0. The van der Waals surface area contributed by atoms with Crippen molar-refractivity contribution in [3.8, 4) is 0 Å². The van der Waals surface area contributed by atoms with Gasteiger partial charge >= 0.3 is 0 Å². The van der Waals surface area contributed by atoms with Gasteiger partial charge in [0, 0.05) is 25.6 Å². The Morgan fingerprint density at radius 3 is 1.55 bits per heavy atom. The molecule has 0 saturated heterocycles. The summed E-state index contributed by atoms with van der Waals surface area (Å²) in [5, 5.41) is 0.845. The summed E-state index contributed by atoms with van der Waals surface area (Å²) in [5.41, 5.74) is 1.25. The van der Waals surface area contributed by atoms with Crippen molar-refractivity contribution in [2.75, 3.05) is 0 Å². The number of hydrogen-bond donors (Lipinski definition) is 2. The second kappa shape index (κ2) is 13.4. The molecular weight excluding hydrogens is 663 g/mol. The van der Waals surface area contributed by atoms with Crippen LogP contribution in [0.4, 0.5) is 0 Å². The largest absolute Gasteiger partial charge is 0.268 e. The van der Waals surface area contributed by atoms with Crippen molar-refractivity contribution >= 4 is 71.0 Å². The van der Waals surface area contributed by atoms with Crippen LogP contribution in [-0.4, -0.2) is 28.6 Å². The van der Waals surface area contributed by atoms with Crippen molar-refractivity contribution in [1.29, 1.82) is 0 Å². The molecule has 13 heteroatoms. The molecule has 0 saturated carbocycles. The molecule has 0 aliphatic rings. The number of carbonyl (C=O) groups excluding carboxylic acids is 2. The molecule has 4 rings (SSSR count). The third-order valence-corrected chi connectivity index (χ3v) is 8.86. The predicted molar refractivity (Wildman–Crippen MR) is 158 cm³/mol. The number of hydrogen-bond acceptors (Lipinski definition) is 6. The Morgan fingerprint density at radius 1 is 0.650 bits per heavy atom. The van der Waals surface area contributed by atoms with Gasteiger partial charge in [-0.15, -0.1) is 0 Å². The van der Waals surface area contributed by atoms with Gasteiger partial charge in [-0.3, -0.25) is 9.59 Å². The van der Waals surface area contributed by atoms with Crippen molar-refractivity contribution in [2.24, 2.45) is 0 Å². The molecule has 0 radical (unpaired) electrons. The van der Waals surface area contributed by atoms with Crippen LogP contribution >= 0.6 is 39.1 Å². The summed E-state index contributed by atoms with van der Waals surface area (Å²) >= 11 is 14.7. The lowest BCUT2D eigenvalue weighted by Crippen LogP contribution is -2.31. The van der Waals surface area contributed by atoms with Crippen LogP contribution in [0.1, 0.15) is 26.3 Å². The normalized spacial score (nSPS) is 11.1. The van der Waals surface area contributed by atoms with Crippen molar-refractivity contribution in [2.45, 2.75) is 16.7 Å². The molecule has 0 spiro atoms. The van der Waals surface area contributed by atoms with Gasteiger partial charge in [-0.25, -0.2) is 26.3 Å². The highest BCUT2D eigenvalue weighted by molar-refractivity contribution is 9.10. The lowest BCUT2D eigenvalue weighted by atomic mass is 10.1. The van der Waals surface area contributed by atoms with E-state index in [9.17, 15) is 26.4 Å². The molecule has 40 heavy (non-hydrogen) atoms. The van der Waals surface area contributed by atoms with Gasteiger partial charge in [-0.1, -0.05) is 57.3 Å². The van der Waals surface area contributed by atoms with Crippen LogP contribution in [0.25, 0.3) is 0 Å². The van der Waals surface area contributed by atoms with Gasteiger partial charge in [0.15, 0.2) is 0 Å². The number of sulfonamides is 2. The molecule has 0 heterocycles. The number of benzene rings is 4. The molecule has 4 aromatic carbocycles. The van der Waals surface area contributed by atoms with Gasteiger partial charge < -0.3 is 0 Å². The Bertz CT molecular complexity index is 1730. The predicted octanol–water partition coefficient (Wildman–Crippen LogP) is 5.99. The fourth-order valence-electron chi connectivity index (χ4n) is 3.17. The minimum Gasteiger partial charge on any atom is -0.268 e. The Morgan fingerprint density at radius 2 is 1.10 bits per heavy atom. The van der Waals surface area contributed by atoms with E-state index in [1.54, 1.807) is 43.3 Å². The molecule has 8 nitrogen and oxygen atoms in total. The maximum atomic E-state index is 12.1. The van der Waals surface area contributed by atoms with E-state index in [1.165, 1.54) is 60.7 Å². The highest BCUT2D eigenvalue weighted by Gasteiger charge is 2.20. The zero-order valence-electron chi connectivity index (χ0n) is 20.6. The third-order valence-electron chi connectivity index (χ3n) is 5.17. The average molecular weight is 684 g/mol. The zero-order valence-corrected chi connectivity index (χ0v) is 25.4. The van der Waals surface area contributed by atoms with Crippen molar-refractivity contribution < 1.29 is 26.4 Å². The molecule has 2 N–H and O–H groups in total. The number of nitrogens with one attached hydrogen (secondary N) is 2. The van der Waals surface area contributed by atoms with E-state index in [0.717, 1.165) is 4.47 Å². The first-order valence-corrected chi connectivity index (χ1v) is 15.8. The van der Waals surface area contributed by atoms with E-state index >= 15 is 0 Å². The Hall–Kier alpha value is -3.22. The Labute approximate surface area is 250 Å². The first-order chi connectivity index (χ1) is 18.8. The smallest absolute Gasteiger partial charge is 0.265 e. The number of amides is 2. The van der Waals surface area contributed by atoms with Gasteiger partial charge in [-0.05, 0) is 91.3 Å². The van der Waals surface area contributed by atoms with Gasteiger partial charge in [0.2, 0.25) is 0 Å². The summed E-state index contributed by atoms with van der Waals surface area (Å²) in [5.74, 6) is -1.34. The van der Waals surface area contributed by atoms with E-state index in [4.69, 9.17) is 23.2 Å². The Kier molecular flexibility index (Phi) is 10.5. The van der Waals surface area contributed by atoms with E-state index in [1.807, 2.05) is 9.44 Å². The molecular formula is C27H21BrCl2N2O6S2. The van der Waals surface area contributed by atoms with Gasteiger partial charge in [0.1, 0.15) is 0 Å². The van der Waals surface area contributed by atoms with Crippen LogP contribution in [0.5, 0.6) is 0 Å². The molecule has 0 bridgehead atoms.